The summed E-state index contributed by atoms with van der Waals surface area (Å²) < 4.78 is 33.6. The van der Waals surface area contributed by atoms with Crippen LogP contribution >= 0.6 is 58.0 Å². The fourth-order valence-corrected chi connectivity index (χ4v) is 5.90. The molecule has 1 fully saturated rings. The Bertz CT molecular complexity index is 1590. The molecule has 222 valence electrons. The fraction of sp³-hybridized carbons (Fsp3) is 0.300. The Morgan fingerprint density at radius 2 is 1.57 bits per heavy atom. The first-order valence-electron chi connectivity index (χ1n) is 12.6. The van der Waals surface area contributed by atoms with Gasteiger partial charge in [0.05, 0.1) is 27.4 Å². The quantitative estimate of drug-likeness (QED) is 0.147. The van der Waals surface area contributed by atoms with Crippen molar-refractivity contribution in [2.75, 3.05) is 5.32 Å². The van der Waals surface area contributed by atoms with E-state index in [0.717, 1.165) is 12.1 Å². The summed E-state index contributed by atoms with van der Waals surface area (Å²) in [5, 5.41) is 3.30. The van der Waals surface area contributed by atoms with Crippen LogP contribution in [0.2, 0.25) is 15.1 Å². The zero-order chi connectivity index (χ0) is 31.1. The second kappa shape index (κ2) is 12.3. The van der Waals surface area contributed by atoms with Gasteiger partial charge in [-0.3, -0.25) is 14.4 Å². The maximum Gasteiger partial charge on any atom is 0.310 e. The van der Waals surface area contributed by atoms with Gasteiger partial charge in [-0.25, -0.2) is 8.78 Å². The van der Waals surface area contributed by atoms with Crippen LogP contribution in [0.3, 0.4) is 0 Å². The molecule has 0 aromatic heterocycles. The number of nitrogens with one attached hydrogen (secondary N) is 1. The molecule has 0 radical (unpaired) electrons. The summed E-state index contributed by atoms with van der Waals surface area (Å²) in [7, 11) is 0. The summed E-state index contributed by atoms with van der Waals surface area (Å²) in [4.78, 5) is 38.4. The molecule has 1 aliphatic rings. The lowest BCUT2D eigenvalue weighted by Gasteiger charge is -2.19. The van der Waals surface area contributed by atoms with E-state index in [1.54, 1.807) is 39.0 Å². The summed E-state index contributed by atoms with van der Waals surface area (Å²) in [6.07, 6.45) is -1.13. The first-order chi connectivity index (χ1) is 19.5. The van der Waals surface area contributed by atoms with Crippen molar-refractivity contribution >= 4 is 81.4 Å². The zero-order valence-corrected chi connectivity index (χ0v) is 26.2. The van der Waals surface area contributed by atoms with Crippen molar-refractivity contribution < 1.29 is 27.9 Å². The fourth-order valence-electron chi connectivity index (χ4n) is 4.54. The number of esters is 1. The van der Waals surface area contributed by atoms with E-state index >= 15 is 4.39 Å². The molecule has 3 aromatic carbocycles. The Kier molecular flexibility index (Phi) is 9.51. The topological polar surface area (TPSA) is 72.5 Å². The molecule has 1 aliphatic carbocycles. The van der Waals surface area contributed by atoms with E-state index in [4.69, 9.17) is 62.7 Å². The summed E-state index contributed by atoms with van der Waals surface area (Å²) in [5.74, 6) is -5.34. The van der Waals surface area contributed by atoms with Crippen molar-refractivity contribution in [1.82, 2.24) is 0 Å². The Morgan fingerprint density at radius 3 is 2.21 bits per heavy atom. The minimum Gasteiger partial charge on any atom is -0.460 e. The van der Waals surface area contributed by atoms with Crippen molar-refractivity contribution in [3.8, 4) is 0 Å². The number of ether oxygens (including phenoxy) is 1. The molecule has 0 heterocycles. The molecule has 0 aliphatic heterocycles. The van der Waals surface area contributed by atoms with Gasteiger partial charge < -0.3 is 10.1 Å². The molecular formula is C30H24Cl5F2NO4. The number of Topliss-reactive ketones (excluding diaryl/α,β-unsaturated/α-hetero) is 1. The first-order valence-corrected chi connectivity index (χ1v) is 14.5. The number of halogens is 7. The third-order valence-corrected chi connectivity index (χ3v) is 8.54. The molecule has 0 bridgehead atoms. The average molecular weight is 678 g/mol. The second-order valence-electron chi connectivity index (χ2n) is 10.8. The van der Waals surface area contributed by atoms with Crippen LogP contribution in [-0.4, -0.2) is 27.6 Å². The van der Waals surface area contributed by atoms with Crippen LogP contribution in [0.15, 0.2) is 48.5 Å². The molecule has 42 heavy (non-hydrogen) atoms. The van der Waals surface area contributed by atoms with E-state index in [-0.39, 0.29) is 26.9 Å². The standard InChI is InChI=1S/C30H24Cl5F2NO4/c1-29(2,3)42-24(40)11-15-5-9-22(36)18(27(15)37)13-23(39)17-12-16(6-8-19(17)31)38-28(41)26-25(30(26,34)35)14-4-7-20(32)21(33)10-14/h4-10,12,25-26H,11,13H2,1-3H3,(H,38,41)/t25-,26+/m0/s1. The maximum absolute atomic E-state index is 15.2. The third-order valence-electron chi connectivity index (χ3n) is 6.53. The minimum atomic E-state index is -1.41. The molecule has 5 nitrogen and oxygen atoms in total. The van der Waals surface area contributed by atoms with Crippen LogP contribution in [0.5, 0.6) is 0 Å². The summed E-state index contributed by atoms with van der Waals surface area (Å²) in [5.41, 5.74) is -0.695. The summed E-state index contributed by atoms with van der Waals surface area (Å²) >= 11 is 31.1. The highest BCUT2D eigenvalue weighted by Gasteiger charge is 2.67. The number of carbonyl (C=O) groups excluding carboxylic acids is 3. The SMILES string of the molecule is CC(C)(C)OC(=O)Cc1ccc(F)c(CC(=O)c2cc(NC(=O)[C@H]3[C@H](c4ccc(Cl)c(Cl)c4)C3(Cl)Cl)ccc2Cl)c1F. The van der Waals surface area contributed by atoms with Gasteiger partial charge in [-0.15, -0.1) is 23.2 Å². The van der Waals surface area contributed by atoms with Gasteiger partial charge >= 0.3 is 5.97 Å². The van der Waals surface area contributed by atoms with Gasteiger partial charge in [0.25, 0.3) is 0 Å². The van der Waals surface area contributed by atoms with Gasteiger partial charge in [0, 0.05) is 29.2 Å². The molecule has 1 amide bonds. The smallest absolute Gasteiger partial charge is 0.310 e. The van der Waals surface area contributed by atoms with Crippen molar-refractivity contribution in [3.05, 3.63) is 97.5 Å². The summed E-state index contributed by atoms with van der Waals surface area (Å²) in [6, 6.07) is 11.1. The average Bonchev–Trinajstić information content (AvgIpc) is 3.47. The van der Waals surface area contributed by atoms with Crippen molar-refractivity contribution in [2.24, 2.45) is 5.92 Å². The molecule has 4 rings (SSSR count). The lowest BCUT2D eigenvalue weighted by atomic mass is 9.98. The van der Waals surface area contributed by atoms with Gasteiger partial charge in [0.2, 0.25) is 5.91 Å². The number of benzene rings is 3. The number of rotatable bonds is 8. The van der Waals surface area contributed by atoms with Crippen LogP contribution in [0.25, 0.3) is 0 Å². The summed E-state index contributed by atoms with van der Waals surface area (Å²) in [6.45, 7) is 4.99. The first kappa shape index (κ1) is 32.5. The molecule has 0 spiro atoms. The van der Waals surface area contributed by atoms with Gasteiger partial charge in [0.1, 0.15) is 21.6 Å². The molecule has 1 N–H and O–H groups in total. The zero-order valence-electron chi connectivity index (χ0n) is 22.5. The lowest BCUT2D eigenvalue weighted by molar-refractivity contribution is -0.154. The largest absolute Gasteiger partial charge is 0.460 e. The monoisotopic (exact) mass is 675 g/mol. The highest BCUT2D eigenvalue weighted by molar-refractivity contribution is 6.53. The maximum atomic E-state index is 15.2. The van der Waals surface area contributed by atoms with Crippen LogP contribution in [0.4, 0.5) is 14.5 Å². The number of hydrogen-bond donors (Lipinski definition) is 1. The lowest BCUT2D eigenvalue weighted by Crippen LogP contribution is -2.25. The molecule has 0 unspecified atom stereocenters. The highest BCUT2D eigenvalue weighted by Crippen LogP contribution is 2.65. The number of alkyl halides is 2. The molecule has 0 saturated heterocycles. The Hall–Kier alpha value is -2.42. The molecule has 1 saturated carbocycles. The number of amides is 1. The predicted molar refractivity (Wildman–Crippen MR) is 161 cm³/mol. The van der Waals surface area contributed by atoms with E-state index < -0.39 is 69.5 Å². The van der Waals surface area contributed by atoms with Gasteiger partial charge in [-0.05, 0) is 68.3 Å². The molecule has 2 atom stereocenters. The Balaban J connectivity index is 1.51. The van der Waals surface area contributed by atoms with Crippen molar-refractivity contribution in [2.45, 2.75) is 49.5 Å². The second-order valence-corrected chi connectivity index (χ2v) is 13.5. The Labute approximate surface area is 266 Å². The predicted octanol–water partition coefficient (Wildman–Crippen LogP) is 8.76. The molecule has 3 aromatic rings. The van der Waals surface area contributed by atoms with Gasteiger partial charge in [0.15, 0.2) is 5.78 Å². The van der Waals surface area contributed by atoms with E-state index in [1.165, 1.54) is 18.2 Å². The van der Waals surface area contributed by atoms with Crippen LogP contribution in [-0.2, 0) is 27.2 Å². The minimum absolute atomic E-state index is 0.00728. The Morgan fingerprint density at radius 1 is 0.905 bits per heavy atom. The van der Waals surface area contributed by atoms with E-state index in [9.17, 15) is 18.8 Å². The van der Waals surface area contributed by atoms with Gasteiger partial charge in [-0.1, -0.05) is 46.9 Å². The normalized spacial score (nSPS) is 17.5. The molecule has 12 heteroatoms. The van der Waals surface area contributed by atoms with Crippen molar-refractivity contribution in [3.63, 3.8) is 0 Å². The molecular weight excluding hydrogens is 654 g/mol. The van der Waals surface area contributed by atoms with E-state index in [0.29, 0.717) is 10.6 Å². The number of anilines is 1. The van der Waals surface area contributed by atoms with E-state index in [1.807, 2.05) is 0 Å². The van der Waals surface area contributed by atoms with Crippen LogP contribution in [0.1, 0.15) is 53.7 Å². The number of carbonyl (C=O) groups is 3. The van der Waals surface area contributed by atoms with Gasteiger partial charge in [-0.2, -0.15) is 0 Å². The highest BCUT2D eigenvalue weighted by atomic mass is 35.5. The third kappa shape index (κ3) is 7.20. The van der Waals surface area contributed by atoms with Crippen LogP contribution < -0.4 is 5.32 Å². The van der Waals surface area contributed by atoms with E-state index in [2.05, 4.69) is 5.32 Å². The van der Waals surface area contributed by atoms with Crippen molar-refractivity contribution in [1.29, 1.82) is 0 Å². The number of hydrogen-bond acceptors (Lipinski definition) is 4. The van der Waals surface area contributed by atoms with Crippen LogP contribution in [0, 0.1) is 17.6 Å². The number of ketones is 1.